The average molecular weight is 255 g/mol. The Balaban J connectivity index is 2.46. The minimum absolute atomic E-state index is 0.0305. The maximum atomic E-state index is 6.02. The fourth-order valence-electron chi connectivity index (χ4n) is 2.31. The van der Waals surface area contributed by atoms with Crippen molar-refractivity contribution in [1.82, 2.24) is 4.98 Å². The summed E-state index contributed by atoms with van der Waals surface area (Å²) < 4.78 is 0. The summed E-state index contributed by atoms with van der Waals surface area (Å²) in [7, 11) is 2.03. The molecule has 1 heterocycles. The Labute approximate surface area is 115 Å². The van der Waals surface area contributed by atoms with Crippen LogP contribution in [0.1, 0.15) is 29.7 Å². The van der Waals surface area contributed by atoms with Gasteiger partial charge in [-0.05, 0) is 50.1 Å². The van der Waals surface area contributed by atoms with Crippen LogP contribution in [0.4, 0.5) is 11.5 Å². The molecule has 100 valence electrons. The highest BCUT2D eigenvalue weighted by Crippen LogP contribution is 2.28. The van der Waals surface area contributed by atoms with Gasteiger partial charge in [-0.25, -0.2) is 4.98 Å². The number of pyridine rings is 1. The molecule has 0 spiro atoms. The van der Waals surface area contributed by atoms with E-state index in [-0.39, 0.29) is 6.04 Å². The summed E-state index contributed by atoms with van der Waals surface area (Å²) in [5.41, 5.74) is 10.7. The van der Waals surface area contributed by atoms with Crippen molar-refractivity contribution in [3.63, 3.8) is 0 Å². The van der Waals surface area contributed by atoms with Crippen molar-refractivity contribution in [2.45, 2.75) is 26.8 Å². The first kappa shape index (κ1) is 13.6. The molecule has 0 fully saturated rings. The largest absolute Gasteiger partial charge is 0.329 e. The van der Waals surface area contributed by atoms with Gasteiger partial charge in [0, 0.05) is 30.5 Å². The lowest BCUT2D eigenvalue weighted by Gasteiger charge is -2.23. The van der Waals surface area contributed by atoms with Gasteiger partial charge in [-0.15, -0.1) is 0 Å². The van der Waals surface area contributed by atoms with Crippen molar-refractivity contribution in [3.05, 3.63) is 53.2 Å². The predicted octanol–water partition coefficient (Wildman–Crippen LogP) is 3.49. The van der Waals surface area contributed by atoms with E-state index in [0.29, 0.717) is 0 Å². The summed E-state index contributed by atoms with van der Waals surface area (Å²) in [6.45, 7) is 6.19. The van der Waals surface area contributed by atoms with Crippen LogP contribution < -0.4 is 10.6 Å². The third kappa shape index (κ3) is 2.93. The van der Waals surface area contributed by atoms with E-state index in [4.69, 9.17) is 5.73 Å². The summed E-state index contributed by atoms with van der Waals surface area (Å²) in [5, 5.41) is 0. The highest BCUT2D eigenvalue weighted by atomic mass is 15.2. The Morgan fingerprint density at radius 3 is 2.37 bits per heavy atom. The zero-order chi connectivity index (χ0) is 14.0. The third-order valence-corrected chi connectivity index (χ3v) is 3.22. The molecule has 2 N–H and O–H groups in total. The molecule has 0 bridgehead atoms. The molecule has 0 saturated carbocycles. The topological polar surface area (TPSA) is 42.2 Å². The predicted molar refractivity (Wildman–Crippen MR) is 80.8 cm³/mol. The number of rotatable bonds is 3. The molecule has 3 nitrogen and oxygen atoms in total. The summed E-state index contributed by atoms with van der Waals surface area (Å²) in [6, 6.07) is 10.4. The van der Waals surface area contributed by atoms with Crippen LogP contribution >= 0.6 is 0 Å². The number of nitrogens with two attached hydrogens (primary N) is 1. The summed E-state index contributed by atoms with van der Waals surface area (Å²) >= 11 is 0. The first-order chi connectivity index (χ1) is 8.99. The molecule has 0 saturated heterocycles. The fraction of sp³-hybridized carbons (Fsp3) is 0.312. The van der Waals surface area contributed by atoms with E-state index in [1.54, 1.807) is 6.20 Å². The number of benzene rings is 1. The Morgan fingerprint density at radius 1 is 1.16 bits per heavy atom. The van der Waals surface area contributed by atoms with Crippen molar-refractivity contribution in [2.75, 3.05) is 11.9 Å². The lowest BCUT2D eigenvalue weighted by molar-refractivity contribution is 0.807. The molecule has 0 aliphatic heterocycles. The SMILES string of the molecule is Cc1cc(C)cc(N(C)c2ncccc2[C@@H](C)N)c1. The van der Waals surface area contributed by atoms with Gasteiger partial charge < -0.3 is 10.6 Å². The van der Waals surface area contributed by atoms with Crippen molar-refractivity contribution in [1.29, 1.82) is 0 Å². The Morgan fingerprint density at radius 2 is 1.79 bits per heavy atom. The highest BCUT2D eigenvalue weighted by molar-refractivity contribution is 5.64. The van der Waals surface area contributed by atoms with Crippen LogP contribution in [0.25, 0.3) is 0 Å². The van der Waals surface area contributed by atoms with Crippen LogP contribution in [0.2, 0.25) is 0 Å². The Kier molecular flexibility index (Phi) is 3.86. The number of nitrogens with zero attached hydrogens (tertiary/aromatic N) is 2. The minimum Gasteiger partial charge on any atom is -0.329 e. The fourth-order valence-corrected chi connectivity index (χ4v) is 2.31. The zero-order valence-electron chi connectivity index (χ0n) is 12.0. The molecule has 1 aromatic carbocycles. The highest BCUT2D eigenvalue weighted by Gasteiger charge is 2.13. The van der Waals surface area contributed by atoms with Crippen molar-refractivity contribution in [3.8, 4) is 0 Å². The van der Waals surface area contributed by atoms with E-state index < -0.39 is 0 Å². The summed E-state index contributed by atoms with van der Waals surface area (Å²) in [5.74, 6) is 0.919. The maximum absolute atomic E-state index is 6.02. The zero-order valence-corrected chi connectivity index (χ0v) is 12.0. The molecule has 0 unspecified atom stereocenters. The molecule has 1 aromatic heterocycles. The van der Waals surface area contributed by atoms with Gasteiger partial charge in [0.05, 0.1) is 0 Å². The van der Waals surface area contributed by atoms with Gasteiger partial charge in [0.25, 0.3) is 0 Å². The van der Waals surface area contributed by atoms with Crippen LogP contribution in [0.15, 0.2) is 36.5 Å². The molecule has 0 aliphatic rings. The molecule has 0 amide bonds. The molecule has 19 heavy (non-hydrogen) atoms. The van der Waals surface area contributed by atoms with Crippen LogP contribution in [0, 0.1) is 13.8 Å². The van der Waals surface area contributed by atoms with Gasteiger partial charge in [0.15, 0.2) is 0 Å². The van der Waals surface area contributed by atoms with Crippen molar-refractivity contribution in [2.24, 2.45) is 5.73 Å². The van der Waals surface area contributed by atoms with Gasteiger partial charge in [-0.1, -0.05) is 12.1 Å². The van der Waals surface area contributed by atoms with E-state index in [2.05, 4.69) is 41.9 Å². The molecule has 0 radical (unpaired) electrons. The second-order valence-electron chi connectivity index (χ2n) is 5.11. The normalized spacial score (nSPS) is 12.3. The monoisotopic (exact) mass is 255 g/mol. The van der Waals surface area contributed by atoms with E-state index in [9.17, 15) is 0 Å². The Hall–Kier alpha value is -1.87. The number of hydrogen-bond donors (Lipinski definition) is 1. The quantitative estimate of drug-likeness (QED) is 0.913. The van der Waals surface area contributed by atoms with E-state index in [1.807, 2.05) is 26.1 Å². The van der Waals surface area contributed by atoms with Gasteiger partial charge >= 0.3 is 0 Å². The van der Waals surface area contributed by atoms with Crippen LogP contribution in [-0.2, 0) is 0 Å². The maximum Gasteiger partial charge on any atom is 0.137 e. The first-order valence-corrected chi connectivity index (χ1v) is 6.51. The van der Waals surface area contributed by atoms with Crippen LogP contribution in [0.3, 0.4) is 0 Å². The summed E-state index contributed by atoms with van der Waals surface area (Å²) in [6.07, 6.45) is 1.81. The van der Waals surface area contributed by atoms with E-state index in [1.165, 1.54) is 11.1 Å². The van der Waals surface area contributed by atoms with Gasteiger partial charge in [0.2, 0.25) is 0 Å². The van der Waals surface area contributed by atoms with Crippen LogP contribution in [-0.4, -0.2) is 12.0 Å². The molecule has 3 heteroatoms. The molecule has 2 aromatic rings. The first-order valence-electron chi connectivity index (χ1n) is 6.51. The smallest absolute Gasteiger partial charge is 0.137 e. The van der Waals surface area contributed by atoms with Crippen LogP contribution in [0.5, 0.6) is 0 Å². The number of hydrogen-bond acceptors (Lipinski definition) is 3. The lowest BCUT2D eigenvalue weighted by Crippen LogP contribution is -2.17. The Bertz CT molecular complexity index is 556. The van der Waals surface area contributed by atoms with Crippen molar-refractivity contribution >= 4 is 11.5 Å². The second-order valence-corrected chi connectivity index (χ2v) is 5.11. The van der Waals surface area contributed by atoms with Gasteiger partial charge in [-0.2, -0.15) is 0 Å². The third-order valence-electron chi connectivity index (χ3n) is 3.22. The molecular weight excluding hydrogens is 234 g/mol. The number of aryl methyl sites for hydroxylation is 2. The van der Waals surface area contributed by atoms with E-state index >= 15 is 0 Å². The average Bonchev–Trinajstić information content (AvgIpc) is 2.36. The number of anilines is 2. The lowest BCUT2D eigenvalue weighted by atomic mass is 10.1. The molecule has 2 rings (SSSR count). The molecule has 0 aliphatic carbocycles. The minimum atomic E-state index is -0.0305. The second kappa shape index (κ2) is 5.41. The van der Waals surface area contributed by atoms with Gasteiger partial charge in [0.1, 0.15) is 5.82 Å². The van der Waals surface area contributed by atoms with Crippen molar-refractivity contribution < 1.29 is 0 Å². The number of aromatic nitrogens is 1. The molecule has 1 atom stereocenters. The van der Waals surface area contributed by atoms with E-state index in [0.717, 1.165) is 17.1 Å². The van der Waals surface area contributed by atoms with Gasteiger partial charge in [-0.3, -0.25) is 0 Å². The standard InChI is InChI=1S/C16H21N3/c1-11-8-12(2)10-14(9-11)19(4)16-15(13(3)17)6-5-7-18-16/h5-10,13H,17H2,1-4H3/t13-/m1/s1. The molecular formula is C16H21N3. The summed E-state index contributed by atoms with van der Waals surface area (Å²) in [4.78, 5) is 6.58.